The van der Waals surface area contributed by atoms with Gasteiger partial charge in [-0.25, -0.2) is 5.10 Å². The normalized spacial score (nSPS) is 25.6. The molecule has 1 radical (unpaired) electrons. The molecule has 1 aromatic heterocycles. The van der Waals surface area contributed by atoms with Crippen molar-refractivity contribution in [2.45, 2.75) is 44.4 Å². The fourth-order valence-corrected chi connectivity index (χ4v) is 1.96. The van der Waals surface area contributed by atoms with Crippen molar-refractivity contribution >= 4 is 0 Å². The number of hydrogen-bond acceptors (Lipinski definition) is 4. The molecule has 0 saturated heterocycles. The minimum atomic E-state index is 0.0188. The van der Waals surface area contributed by atoms with Crippen LogP contribution in [-0.4, -0.2) is 25.7 Å². The van der Waals surface area contributed by atoms with E-state index < -0.39 is 0 Å². The van der Waals surface area contributed by atoms with E-state index in [4.69, 9.17) is 0 Å². The van der Waals surface area contributed by atoms with Crippen LogP contribution in [0, 0.1) is 6.10 Å². The highest BCUT2D eigenvalue weighted by Gasteiger charge is 2.25. The molecule has 1 fully saturated rings. The van der Waals surface area contributed by atoms with Gasteiger partial charge in [0, 0.05) is 0 Å². The number of aliphatic hydroxyl groups is 1. The highest BCUT2D eigenvalue weighted by Crippen LogP contribution is 2.33. The zero-order valence-corrected chi connectivity index (χ0v) is 8.11. The lowest BCUT2D eigenvalue weighted by Gasteiger charge is -2.21. The molecule has 0 spiro atoms. The number of hydrogen-bond donors (Lipinski definition) is 2. The lowest BCUT2D eigenvalue weighted by Crippen LogP contribution is -2.14. The molecule has 1 unspecified atom stereocenters. The van der Waals surface area contributed by atoms with Crippen LogP contribution in [0.1, 0.15) is 50.3 Å². The first-order valence-electron chi connectivity index (χ1n) is 5.16. The fourth-order valence-electron chi connectivity index (χ4n) is 1.96. The van der Waals surface area contributed by atoms with Gasteiger partial charge in [0.25, 0.3) is 0 Å². The molecular formula is C9H15N4O. The van der Waals surface area contributed by atoms with Crippen molar-refractivity contribution in [3.63, 3.8) is 0 Å². The van der Waals surface area contributed by atoms with Gasteiger partial charge in [-0.15, -0.1) is 5.10 Å². The summed E-state index contributed by atoms with van der Waals surface area (Å²) in [6.07, 6.45) is 6.92. The molecule has 1 aliphatic carbocycles. The van der Waals surface area contributed by atoms with Crippen LogP contribution in [0.4, 0.5) is 0 Å². The summed E-state index contributed by atoms with van der Waals surface area (Å²) in [4.78, 5) is 0. The Hall–Kier alpha value is -0.970. The third-order valence-electron chi connectivity index (χ3n) is 2.77. The van der Waals surface area contributed by atoms with Crippen LogP contribution in [0.3, 0.4) is 0 Å². The summed E-state index contributed by atoms with van der Waals surface area (Å²) < 4.78 is 0. The van der Waals surface area contributed by atoms with Gasteiger partial charge in [-0.1, -0.05) is 25.7 Å². The molecule has 5 nitrogen and oxygen atoms in total. The van der Waals surface area contributed by atoms with Crippen molar-refractivity contribution in [3.05, 3.63) is 11.9 Å². The summed E-state index contributed by atoms with van der Waals surface area (Å²) in [6, 6.07) is 0. The molecule has 1 atom stereocenters. The maximum absolute atomic E-state index is 9.85. The molecule has 0 amide bonds. The second-order valence-corrected chi connectivity index (χ2v) is 3.78. The SMILES string of the molecule is O[C]1CCCCCCC1c1nnn[nH]1. The van der Waals surface area contributed by atoms with E-state index in [1.807, 2.05) is 0 Å². The molecule has 1 heterocycles. The van der Waals surface area contributed by atoms with E-state index in [-0.39, 0.29) is 5.92 Å². The van der Waals surface area contributed by atoms with Gasteiger partial charge in [0.15, 0.2) is 5.82 Å². The quantitative estimate of drug-likeness (QED) is 0.712. The Labute approximate surface area is 82.9 Å². The first-order valence-corrected chi connectivity index (χ1v) is 5.16. The molecule has 77 valence electrons. The summed E-state index contributed by atoms with van der Waals surface area (Å²) in [5.74, 6) is 0.717. The summed E-state index contributed by atoms with van der Waals surface area (Å²) in [5, 5.41) is 23.5. The molecule has 14 heavy (non-hydrogen) atoms. The summed E-state index contributed by atoms with van der Waals surface area (Å²) in [5.41, 5.74) is 0. The van der Waals surface area contributed by atoms with Gasteiger partial charge in [0.2, 0.25) is 0 Å². The van der Waals surface area contributed by atoms with Gasteiger partial charge < -0.3 is 5.11 Å². The maximum Gasteiger partial charge on any atom is 0.154 e. The first kappa shape index (κ1) is 9.58. The molecular weight excluding hydrogens is 180 g/mol. The summed E-state index contributed by atoms with van der Waals surface area (Å²) in [6.45, 7) is 0. The molecule has 1 saturated carbocycles. The second kappa shape index (κ2) is 4.50. The van der Waals surface area contributed by atoms with Gasteiger partial charge in [-0.2, -0.15) is 0 Å². The minimum absolute atomic E-state index is 0.0188. The van der Waals surface area contributed by atoms with E-state index in [0.29, 0.717) is 11.9 Å². The number of tetrazole rings is 1. The van der Waals surface area contributed by atoms with Crippen LogP contribution < -0.4 is 0 Å². The number of rotatable bonds is 1. The molecule has 0 bridgehead atoms. The Bertz CT molecular complexity index is 262. The zero-order valence-electron chi connectivity index (χ0n) is 8.11. The van der Waals surface area contributed by atoms with Gasteiger partial charge in [0.05, 0.1) is 5.92 Å². The van der Waals surface area contributed by atoms with E-state index in [1.165, 1.54) is 12.8 Å². The Morgan fingerprint density at radius 2 is 2.07 bits per heavy atom. The lowest BCUT2D eigenvalue weighted by molar-refractivity contribution is 0.223. The molecule has 0 aromatic carbocycles. The number of aromatic amines is 1. The third kappa shape index (κ3) is 2.09. The van der Waals surface area contributed by atoms with Gasteiger partial charge in [-0.05, 0) is 23.3 Å². The molecule has 2 N–H and O–H groups in total. The number of nitrogens with one attached hydrogen (secondary N) is 1. The van der Waals surface area contributed by atoms with Gasteiger partial charge in [0.1, 0.15) is 6.10 Å². The third-order valence-corrected chi connectivity index (χ3v) is 2.77. The molecule has 0 aliphatic heterocycles. The number of aliphatic hydroxyl groups excluding tert-OH is 1. The van der Waals surface area contributed by atoms with Crippen molar-refractivity contribution in [1.82, 2.24) is 20.6 Å². The molecule has 2 rings (SSSR count). The number of H-pyrrole nitrogens is 1. The van der Waals surface area contributed by atoms with E-state index in [0.717, 1.165) is 25.7 Å². The lowest BCUT2D eigenvalue weighted by atomic mass is 9.88. The first-order chi connectivity index (χ1) is 6.88. The van der Waals surface area contributed by atoms with E-state index >= 15 is 0 Å². The minimum Gasteiger partial charge on any atom is -0.386 e. The van der Waals surface area contributed by atoms with Crippen LogP contribution in [-0.2, 0) is 0 Å². The number of aromatic nitrogens is 4. The van der Waals surface area contributed by atoms with Crippen LogP contribution in [0.25, 0.3) is 0 Å². The van der Waals surface area contributed by atoms with Crippen LogP contribution in [0.15, 0.2) is 0 Å². The fraction of sp³-hybridized carbons (Fsp3) is 0.778. The average molecular weight is 195 g/mol. The number of nitrogens with zero attached hydrogens (tertiary/aromatic N) is 3. The van der Waals surface area contributed by atoms with Crippen LogP contribution in [0.5, 0.6) is 0 Å². The largest absolute Gasteiger partial charge is 0.386 e. The van der Waals surface area contributed by atoms with Crippen LogP contribution >= 0.6 is 0 Å². The van der Waals surface area contributed by atoms with E-state index in [2.05, 4.69) is 20.6 Å². The highest BCUT2D eigenvalue weighted by atomic mass is 16.3. The Morgan fingerprint density at radius 1 is 1.21 bits per heavy atom. The van der Waals surface area contributed by atoms with Crippen LogP contribution in [0.2, 0.25) is 0 Å². The zero-order chi connectivity index (χ0) is 9.80. The second-order valence-electron chi connectivity index (χ2n) is 3.78. The van der Waals surface area contributed by atoms with Gasteiger partial charge >= 0.3 is 0 Å². The predicted molar refractivity (Wildman–Crippen MR) is 49.8 cm³/mol. The molecule has 1 aliphatic rings. The standard InChI is InChI=1S/C9H15N4O/c14-8-6-4-2-1-3-5-7(8)9-10-12-13-11-9/h7,14H,1-6H2,(H,10,11,12,13). The van der Waals surface area contributed by atoms with Crippen molar-refractivity contribution < 1.29 is 5.11 Å². The molecule has 1 aromatic rings. The van der Waals surface area contributed by atoms with Crippen molar-refractivity contribution in [2.24, 2.45) is 0 Å². The smallest absolute Gasteiger partial charge is 0.154 e. The summed E-state index contributed by atoms with van der Waals surface area (Å²) in [7, 11) is 0. The van der Waals surface area contributed by atoms with Crippen molar-refractivity contribution in [1.29, 1.82) is 0 Å². The topological polar surface area (TPSA) is 74.7 Å². The highest BCUT2D eigenvalue weighted by molar-refractivity contribution is 5.04. The monoisotopic (exact) mass is 195 g/mol. The van der Waals surface area contributed by atoms with E-state index in [1.54, 1.807) is 0 Å². The summed E-state index contributed by atoms with van der Waals surface area (Å²) >= 11 is 0. The van der Waals surface area contributed by atoms with Gasteiger partial charge in [-0.3, -0.25) is 0 Å². The van der Waals surface area contributed by atoms with Crippen molar-refractivity contribution in [3.8, 4) is 0 Å². The Kier molecular flexibility index (Phi) is 3.08. The Balaban J connectivity index is 2.06. The van der Waals surface area contributed by atoms with E-state index in [9.17, 15) is 5.11 Å². The molecule has 5 heteroatoms. The van der Waals surface area contributed by atoms with Crippen molar-refractivity contribution in [2.75, 3.05) is 0 Å². The maximum atomic E-state index is 9.85. The average Bonchev–Trinajstić information content (AvgIpc) is 2.65. The predicted octanol–water partition coefficient (Wildman–Crippen LogP) is 1.54. The Morgan fingerprint density at radius 3 is 2.86 bits per heavy atom.